The fraction of sp³-hybridized carbons (Fsp3) is 0.556. The predicted octanol–water partition coefficient (Wildman–Crippen LogP) is 0.137. The van der Waals surface area contributed by atoms with E-state index >= 15 is 0 Å². The van der Waals surface area contributed by atoms with Gasteiger partial charge in [0.1, 0.15) is 5.75 Å². The Hall–Kier alpha value is -2.56. The minimum absolute atomic E-state index is 0.0916. The van der Waals surface area contributed by atoms with E-state index in [1.807, 2.05) is 0 Å². The van der Waals surface area contributed by atoms with Gasteiger partial charge in [-0.3, -0.25) is 4.90 Å². The van der Waals surface area contributed by atoms with Crippen LogP contribution in [0, 0.1) is 0 Å². The normalized spacial score (nSPS) is 25.4. The van der Waals surface area contributed by atoms with E-state index in [0.717, 1.165) is 0 Å². The molecular formula is C18H24N2O8. The van der Waals surface area contributed by atoms with Gasteiger partial charge in [-0.15, -0.1) is 0 Å². The van der Waals surface area contributed by atoms with E-state index in [2.05, 4.69) is 5.32 Å². The molecule has 1 fully saturated rings. The maximum atomic E-state index is 12.0. The Bertz CT molecular complexity index is 755. The maximum Gasteiger partial charge on any atom is 0.410 e. The minimum Gasteiger partial charge on any atom is -0.467 e. The van der Waals surface area contributed by atoms with Crippen molar-refractivity contribution in [3.05, 3.63) is 23.3 Å². The second kappa shape index (κ2) is 8.21. The number of carbonyl (C=O) groups excluding carboxylic acids is 2. The zero-order chi connectivity index (χ0) is 20.4. The number of anilines is 1. The molecule has 0 saturated carbocycles. The fourth-order valence-electron chi connectivity index (χ4n) is 3.73. The molecule has 2 aliphatic rings. The van der Waals surface area contributed by atoms with E-state index in [1.165, 1.54) is 32.3 Å². The second-order valence-corrected chi connectivity index (χ2v) is 6.57. The SMILES string of the molecule is COCOc1cc(C(=O)OC)cc2c1[C@@H](CO)[C@@H](O)[C@@H]1[C@H](CN2)N1C(=O)OC. The van der Waals surface area contributed by atoms with Crippen LogP contribution >= 0.6 is 0 Å². The lowest BCUT2D eigenvalue weighted by molar-refractivity contribution is 0.0464. The van der Waals surface area contributed by atoms with Crippen molar-refractivity contribution in [2.75, 3.05) is 46.6 Å². The number of esters is 1. The van der Waals surface area contributed by atoms with Crippen molar-refractivity contribution in [3.63, 3.8) is 0 Å². The Morgan fingerprint density at radius 1 is 1.25 bits per heavy atom. The smallest absolute Gasteiger partial charge is 0.410 e. The third-order valence-corrected chi connectivity index (χ3v) is 5.10. The van der Waals surface area contributed by atoms with E-state index in [-0.39, 0.29) is 24.1 Å². The molecule has 1 aromatic rings. The Labute approximate surface area is 161 Å². The zero-order valence-corrected chi connectivity index (χ0v) is 15.9. The van der Waals surface area contributed by atoms with Gasteiger partial charge in [-0.1, -0.05) is 0 Å². The van der Waals surface area contributed by atoms with Crippen LogP contribution in [-0.2, 0) is 14.2 Å². The van der Waals surface area contributed by atoms with Gasteiger partial charge in [0, 0.05) is 30.8 Å². The second-order valence-electron chi connectivity index (χ2n) is 6.57. The lowest BCUT2D eigenvalue weighted by atomic mass is 9.87. The van der Waals surface area contributed by atoms with E-state index in [0.29, 0.717) is 17.8 Å². The molecule has 2 aliphatic heterocycles. The number of nitrogens with one attached hydrogen (secondary N) is 1. The van der Waals surface area contributed by atoms with E-state index < -0.39 is 36.7 Å². The Morgan fingerprint density at radius 3 is 2.61 bits per heavy atom. The largest absolute Gasteiger partial charge is 0.467 e. The quantitative estimate of drug-likeness (QED) is 0.362. The third kappa shape index (κ3) is 3.46. The summed E-state index contributed by atoms with van der Waals surface area (Å²) in [5, 5.41) is 24.1. The molecule has 0 bridgehead atoms. The molecule has 1 amide bonds. The van der Waals surface area contributed by atoms with Crippen LogP contribution in [0.15, 0.2) is 12.1 Å². The molecule has 0 spiro atoms. The molecule has 10 heteroatoms. The molecule has 28 heavy (non-hydrogen) atoms. The number of benzene rings is 1. The van der Waals surface area contributed by atoms with Crippen LogP contribution < -0.4 is 10.1 Å². The van der Waals surface area contributed by atoms with Crippen LogP contribution in [-0.4, -0.2) is 86.6 Å². The monoisotopic (exact) mass is 396 g/mol. The Balaban J connectivity index is 2.05. The number of amides is 1. The highest BCUT2D eigenvalue weighted by atomic mass is 16.7. The van der Waals surface area contributed by atoms with Gasteiger partial charge in [-0.05, 0) is 12.1 Å². The standard InChI is InChI=1S/C18H24N2O8/c1-25-8-28-13-5-9(17(23)26-2)4-11-14(13)10(7-21)16(22)15-12(6-19-11)20(15)18(24)27-3/h4-5,10,12,15-16,19,21-22H,6-8H2,1-3H3/t10-,12+,15+,16-,20?/m1/s1. The number of ether oxygens (including phenoxy) is 4. The van der Waals surface area contributed by atoms with Crippen molar-refractivity contribution in [2.45, 2.75) is 24.1 Å². The van der Waals surface area contributed by atoms with E-state index in [4.69, 9.17) is 18.9 Å². The van der Waals surface area contributed by atoms with Gasteiger partial charge in [0.2, 0.25) is 0 Å². The van der Waals surface area contributed by atoms with Crippen LogP contribution in [0.1, 0.15) is 21.8 Å². The number of hydrogen-bond donors (Lipinski definition) is 3. The third-order valence-electron chi connectivity index (χ3n) is 5.10. The number of carbonyl (C=O) groups is 2. The number of methoxy groups -OCH3 is 3. The van der Waals surface area contributed by atoms with Crippen molar-refractivity contribution >= 4 is 17.7 Å². The molecule has 3 rings (SSSR count). The number of hydrogen-bond acceptors (Lipinski definition) is 9. The van der Waals surface area contributed by atoms with Crippen molar-refractivity contribution in [2.24, 2.45) is 0 Å². The van der Waals surface area contributed by atoms with Crippen molar-refractivity contribution < 1.29 is 38.7 Å². The average molecular weight is 396 g/mol. The highest BCUT2D eigenvalue weighted by molar-refractivity contribution is 5.92. The molecule has 10 nitrogen and oxygen atoms in total. The summed E-state index contributed by atoms with van der Waals surface area (Å²) in [6.07, 6.45) is -1.60. The highest BCUT2D eigenvalue weighted by Crippen LogP contribution is 2.45. The minimum atomic E-state index is -1.05. The molecule has 0 aromatic heterocycles. The van der Waals surface area contributed by atoms with Crippen LogP contribution in [0.3, 0.4) is 0 Å². The first kappa shape index (κ1) is 20.2. The summed E-state index contributed by atoms with van der Waals surface area (Å²) < 4.78 is 20.1. The van der Waals surface area contributed by atoms with E-state index in [9.17, 15) is 19.8 Å². The molecule has 3 N–H and O–H groups in total. The molecule has 154 valence electrons. The summed E-state index contributed by atoms with van der Waals surface area (Å²) in [7, 11) is 3.99. The summed E-state index contributed by atoms with van der Waals surface area (Å²) in [6, 6.07) is 2.25. The summed E-state index contributed by atoms with van der Waals surface area (Å²) in [5.41, 5.74) is 1.24. The molecule has 1 saturated heterocycles. The Kier molecular flexibility index (Phi) is 5.92. The zero-order valence-electron chi connectivity index (χ0n) is 15.9. The summed E-state index contributed by atoms with van der Waals surface area (Å²) in [5.74, 6) is -1.05. The Morgan fingerprint density at radius 2 is 2.00 bits per heavy atom. The molecule has 4 atom stereocenters. The van der Waals surface area contributed by atoms with Gasteiger partial charge in [0.05, 0.1) is 44.6 Å². The number of nitrogens with zero attached hydrogens (tertiary/aromatic N) is 1. The molecule has 0 unspecified atom stereocenters. The van der Waals surface area contributed by atoms with Crippen molar-refractivity contribution in [3.8, 4) is 5.75 Å². The lowest BCUT2D eigenvalue weighted by Crippen LogP contribution is -2.33. The number of fused-ring (bicyclic) bond motifs is 2. The van der Waals surface area contributed by atoms with Crippen LogP contribution in [0.2, 0.25) is 0 Å². The molecule has 0 radical (unpaired) electrons. The van der Waals surface area contributed by atoms with Gasteiger partial charge in [-0.2, -0.15) is 0 Å². The van der Waals surface area contributed by atoms with Gasteiger partial charge in [-0.25, -0.2) is 9.59 Å². The van der Waals surface area contributed by atoms with Gasteiger partial charge < -0.3 is 34.5 Å². The molecule has 1 aromatic carbocycles. The van der Waals surface area contributed by atoms with Crippen LogP contribution in [0.5, 0.6) is 5.75 Å². The molecule has 0 aliphatic carbocycles. The lowest BCUT2D eigenvalue weighted by Gasteiger charge is -2.28. The van der Waals surface area contributed by atoms with E-state index in [1.54, 1.807) is 6.07 Å². The van der Waals surface area contributed by atoms with Crippen LogP contribution in [0.4, 0.5) is 10.5 Å². The van der Waals surface area contributed by atoms with Gasteiger partial charge in [0.15, 0.2) is 6.79 Å². The highest BCUT2D eigenvalue weighted by Gasteiger charge is 2.58. The first-order valence-electron chi connectivity index (χ1n) is 8.75. The number of rotatable bonds is 5. The van der Waals surface area contributed by atoms with Gasteiger partial charge >= 0.3 is 12.1 Å². The van der Waals surface area contributed by atoms with Crippen molar-refractivity contribution in [1.82, 2.24) is 4.90 Å². The summed E-state index contributed by atoms with van der Waals surface area (Å²) >= 11 is 0. The topological polar surface area (TPSA) is 127 Å². The van der Waals surface area contributed by atoms with Crippen LogP contribution in [0.25, 0.3) is 0 Å². The fourth-order valence-corrected chi connectivity index (χ4v) is 3.73. The summed E-state index contributed by atoms with van der Waals surface area (Å²) in [6.45, 7) is -0.156. The summed E-state index contributed by atoms with van der Waals surface area (Å²) in [4.78, 5) is 25.4. The molecular weight excluding hydrogens is 372 g/mol. The maximum absolute atomic E-state index is 12.0. The number of aliphatic hydroxyl groups is 2. The first-order valence-corrected chi connectivity index (χ1v) is 8.75. The molecule has 2 heterocycles. The average Bonchev–Trinajstić information content (AvgIpc) is 3.43. The number of aliphatic hydroxyl groups excluding tert-OH is 2. The first-order chi connectivity index (χ1) is 13.5. The predicted molar refractivity (Wildman–Crippen MR) is 96.4 cm³/mol. The van der Waals surface area contributed by atoms with Crippen molar-refractivity contribution in [1.29, 1.82) is 0 Å². The van der Waals surface area contributed by atoms with Gasteiger partial charge in [0.25, 0.3) is 0 Å².